The number of carbonyl (C=O) groups is 1. The van der Waals surface area contributed by atoms with Gasteiger partial charge in [0, 0.05) is 0 Å². The van der Waals surface area contributed by atoms with Gasteiger partial charge in [0.2, 0.25) is 0 Å². The summed E-state index contributed by atoms with van der Waals surface area (Å²) < 4.78 is 23.1. The first kappa shape index (κ1) is 15.3. The summed E-state index contributed by atoms with van der Waals surface area (Å²) in [6, 6.07) is 6.13. The van der Waals surface area contributed by atoms with Crippen molar-refractivity contribution in [1.29, 1.82) is 0 Å². The summed E-state index contributed by atoms with van der Waals surface area (Å²) in [4.78, 5) is 11.6. The van der Waals surface area contributed by atoms with Crippen molar-refractivity contribution in [2.75, 3.05) is 13.8 Å². The van der Waals surface area contributed by atoms with E-state index in [1.165, 1.54) is 0 Å². The Balaban J connectivity index is 2.69. The second-order valence-electron chi connectivity index (χ2n) is 5.13. The Morgan fingerprint density at radius 2 is 1.89 bits per heavy atom. The quantitative estimate of drug-likeness (QED) is 0.912. The van der Waals surface area contributed by atoms with Gasteiger partial charge in [-0.25, -0.2) is 9.18 Å². The lowest BCUT2D eigenvalue weighted by molar-refractivity contribution is 0.0495. The number of rotatable bonds is 4. The van der Waals surface area contributed by atoms with Crippen LogP contribution in [0.4, 0.5) is 9.18 Å². The van der Waals surface area contributed by atoms with Gasteiger partial charge in [-0.15, -0.1) is 0 Å². The third-order valence-corrected chi connectivity index (χ3v) is 2.36. The molecule has 0 fully saturated rings. The predicted molar refractivity (Wildman–Crippen MR) is 71.1 cm³/mol. The summed E-state index contributed by atoms with van der Waals surface area (Å²) in [6.45, 7) is 4.56. The molecule has 5 heteroatoms. The van der Waals surface area contributed by atoms with E-state index in [1.807, 2.05) is 0 Å². The highest BCUT2D eigenvalue weighted by molar-refractivity contribution is 5.68. The minimum atomic E-state index is -0.722. The first-order valence-corrected chi connectivity index (χ1v) is 6.05. The molecule has 0 aliphatic heterocycles. The van der Waals surface area contributed by atoms with E-state index >= 15 is 0 Å². The molecule has 0 bridgehead atoms. The van der Waals surface area contributed by atoms with Crippen LogP contribution in [0.1, 0.15) is 32.4 Å². The van der Waals surface area contributed by atoms with E-state index in [9.17, 15) is 9.18 Å². The lowest BCUT2D eigenvalue weighted by Gasteiger charge is -2.22. The van der Waals surface area contributed by atoms with Gasteiger partial charge in [0.25, 0.3) is 0 Å². The number of hydrogen-bond donors (Lipinski definition) is 1. The number of methoxy groups -OCH3 is 1. The molecular weight excluding hydrogens is 249 g/mol. The van der Waals surface area contributed by atoms with Gasteiger partial charge in [0.05, 0.1) is 13.2 Å². The van der Waals surface area contributed by atoms with Crippen molar-refractivity contribution < 1.29 is 18.7 Å². The molecule has 0 saturated heterocycles. The molecule has 0 radical (unpaired) electrons. The van der Waals surface area contributed by atoms with Gasteiger partial charge in [0.1, 0.15) is 18.0 Å². The minimum absolute atomic E-state index is 0.606. The van der Waals surface area contributed by atoms with Crippen molar-refractivity contribution in [3.8, 4) is 5.75 Å². The summed E-state index contributed by atoms with van der Waals surface area (Å²) in [6.07, 6.45) is -0.633. The van der Waals surface area contributed by atoms with E-state index in [0.717, 1.165) is 0 Å². The monoisotopic (exact) mass is 269 g/mol. The Hall–Kier alpha value is -1.78. The Morgan fingerprint density at radius 3 is 2.32 bits per heavy atom. The van der Waals surface area contributed by atoms with Gasteiger partial charge in [-0.1, -0.05) is 12.1 Å². The summed E-state index contributed by atoms with van der Waals surface area (Å²) in [5.74, 6) is 0.679. The molecule has 0 aliphatic rings. The number of alkyl halides is 1. The topological polar surface area (TPSA) is 47.6 Å². The maximum Gasteiger partial charge on any atom is 0.408 e. The van der Waals surface area contributed by atoms with E-state index in [1.54, 1.807) is 52.1 Å². The molecule has 106 valence electrons. The largest absolute Gasteiger partial charge is 0.497 e. The van der Waals surface area contributed by atoms with Crippen LogP contribution in [0, 0.1) is 0 Å². The highest BCUT2D eigenvalue weighted by Crippen LogP contribution is 2.19. The number of ether oxygens (including phenoxy) is 2. The SMILES string of the molecule is COc1ccc([C@@H](CF)NC(=O)OC(C)(C)C)cc1. The molecule has 0 spiro atoms. The van der Waals surface area contributed by atoms with Crippen LogP contribution in [0.3, 0.4) is 0 Å². The fraction of sp³-hybridized carbons (Fsp3) is 0.500. The van der Waals surface area contributed by atoms with Gasteiger partial charge >= 0.3 is 6.09 Å². The Kier molecular flexibility index (Phi) is 5.15. The minimum Gasteiger partial charge on any atom is -0.497 e. The Labute approximate surface area is 112 Å². The van der Waals surface area contributed by atoms with Crippen molar-refractivity contribution >= 4 is 6.09 Å². The van der Waals surface area contributed by atoms with Crippen molar-refractivity contribution in [2.24, 2.45) is 0 Å². The van der Waals surface area contributed by atoms with Crippen molar-refractivity contribution in [3.05, 3.63) is 29.8 Å². The molecule has 19 heavy (non-hydrogen) atoms. The lowest BCUT2D eigenvalue weighted by atomic mass is 10.1. The molecule has 1 amide bonds. The summed E-state index contributed by atoms with van der Waals surface area (Å²) in [5.41, 5.74) is 0.0550. The normalized spacial score (nSPS) is 12.7. The van der Waals surface area contributed by atoms with Crippen LogP contribution in [0.5, 0.6) is 5.75 Å². The van der Waals surface area contributed by atoms with Crippen LogP contribution in [-0.4, -0.2) is 25.5 Å². The first-order valence-electron chi connectivity index (χ1n) is 6.05. The number of nitrogens with one attached hydrogen (secondary N) is 1. The van der Waals surface area contributed by atoms with Crippen molar-refractivity contribution in [2.45, 2.75) is 32.4 Å². The number of hydrogen-bond acceptors (Lipinski definition) is 3. The zero-order valence-electron chi connectivity index (χ0n) is 11.7. The van der Waals surface area contributed by atoms with E-state index in [-0.39, 0.29) is 0 Å². The second kappa shape index (κ2) is 6.41. The van der Waals surface area contributed by atoms with Crippen LogP contribution in [-0.2, 0) is 4.74 Å². The van der Waals surface area contributed by atoms with Gasteiger partial charge < -0.3 is 14.8 Å². The molecule has 0 aromatic heterocycles. The molecule has 0 aliphatic carbocycles. The van der Waals surface area contributed by atoms with E-state index < -0.39 is 24.4 Å². The fourth-order valence-corrected chi connectivity index (χ4v) is 1.50. The van der Waals surface area contributed by atoms with Crippen LogP contribution in [0.25, 0.3) is 0 Å². The number of benzene rings is 1. The first-order chi connectivity index (χ1) is 8.85. The van der Waals surface area contributed by atoms with Crippen molar-refractivity contribution in [1.82, 2.24) is 5.32 Å². The number of halogens is 1. The summed E-state index contributed by atoms with van der Waals surface area (Å²) in [5, 5.41) is 2.50. The molecule has 0 saturated carbocycles. The maximum atomic E-state index is 13.0. The number of carbonyl (C=O) groups excluding carboxylic acids is 1. The number of alkyl carbamates (subject to hydrolysis) is 1. The van der Waals surface area contributed by atoms with Gasteiger partial charge in [-0.2, -0.15) is 0 Å². The molecule has 1 N–H and O–H groups in total. The molecular formula is C14H20FNO3. The number of amides is 1. The smallest absolute Gasteiger partial charge is 0.408 e. The zero-order valence-corrected chi connectivity index (χ0v) is 11.7. The molecule has 4 nitrogen and oxygen atoms in total. The van der Waals surface area contributed by atoms with Gasteiger partial charge in [-0.05, 0) is 38.5 Å². The Bertz CT molecular complexity index is 412. The maximum absolute atomic E-state index is 13.0. The standard InChI is InChI=1S/C14H20FNO3/c1-14(2,3)19-13(17)16-12(9-15)10-5-7-11(18-4)8-6-10/h5-8,12H,9H2,1-4H3,(H,16,17)/t12-/m1/s1. The zero-order chi connectivity index (χ0) is 14.5. The summed E-state index contributed by atoms with van der Waals surface area (Å²) >= 11 is 0. The Morgan fingerprint density at radius 1 is 1.32 bits per heavy atom. The third kappa shape index (κ3) is 5.16. The predicted octanol–water partition coefficient (Wildman–Crippen LogP) is 3.23. The second-order valence-corrected chi connectivity index (χ2v) is 5.13. The fourth-order valence-electron chi connectivity index (χ4n) is 1.50. The average Bonchev–Trinajstić information content (AvgIpc) is 2.34. The van der Waals surface area contributed by atoms with Crippen LogP contribution in [0.15, 0.2) is 24.3 Å². The molecule has 0 heterocycles. The van der Waals surface area contributed by atoms with Crippen LogP contribution in [0.2, 0.25) is 0 Å². The third-order valence-electron chi connectivity index (χ3n) is 2.36. The summed E-state index contributed by atoms with van der Waals surface area (Å²) in [7, 11) is 1.56. The molecule has 1 rings (SSSR count). The van der Waals surface area contributed by atoms with Crippen molar-refractivity contribution in [3.63, 3.8) is 0 Å². The lowest BCUT2D eigenvalue weighted by Crippen LogP contribution is -2.35. The van der Waals surface area contributed by atoms with Crippen LogP contribution >= 0.6 is 0 Å². The van der Waals surface area contributed by atoms with E-state index in [0.29, 0.717) is 11.3 Å². The highest BCUT2D eigenvalue weighted by Gasteiger charge is 2.20. The molecule has 1 atom stereocenters. The molecule has 1 aromatic rings. The average molecular weight is 269 g/mol. The highest BCUT2D eigenvalue weighted by atomic mass is 19.1. The van der Waals surface area contributed by atoms with E-state index in [2.05, 4.69) is 5.32 Å². The van der Waals surface area contributed by atoms with Crippen LogP contribution < -0.4 is 10.1 Å². The molecule has 0 unspecified atom stereocenters. The van der Waals surface area contributed by atoms with Gasteiger partial charge in [-0.3, -0.25) is 0 Å². The molecule has 1 aromatic carbocycles. The van der Waals surface area contributed by atoms with E-state index in [4.69, 9.17) is 9.47 Å². The van der Waals surface area contributed by atoms with Gasteiger partial charge in [0.15, 0.2) is 0 Å².